The summed E-state index contributed by atoms with van der Waals surface area (Å²) in [4.78, 5) is 16.4. The predicted octanol–water partition coefficient (Wildman–Crippen LogP) is 2.80. The lowest BCUT2D eigenvalue weighted by Crippen LogP contribution is -2.39. The van der Waals surface area contributed by atoms with Gasteiger partial charge in [-0.15, -0.1) is 0 Å². The summed E-state index contributed by atoms with van der Waals surface area (Å²) in [5.74, 6) is -0.689. The van der Waals surface area contributed by atoms with Crippen LogP contribution >= 0.6 is 0 Å². The fraction of sp³-hybridized carbons (Fsp3) is 0.444. The molecule has 3 N–H and O–H groups in total. The fourth-order valence-corrected chi connectivity index (χ4v) is 2.73. The van der Waals surface area contributed by atoms with Crippen LogP contribution in [0.3, 0.4) is 0 Å². The van der Waals surface area contributed by atoms with Crippen LogP contribution in [0.5, 0.6) is 0 Å². The molecule has 0 saturated heterocycles. The SMILES string of the molecule is CCOC(=O)C(=NCc1ccccc1C(F)(F)F)C1=C(N)C[C@@H](C)NC1. The van der Waals surface area contributed by atoms with Gasteiger partial charge in [0.1, 0.15) is 5.71 Å². The van der Waals surface area contributed by atoms with E-state index in [0.717, 1.165) is 6.07 Å². The molecular weight excluding hydrogens is 347 g/mol. The Morgan fingerprint density at radius 2 is 2.08 bits per heavy atom. The molecule has 5 nitrogen and oxygen atoms in total. The Morgan fingerprint density at radius 1 is 1.38 bits per heavy atom. The lowest BCUT2D eigenvalue weighted by Gasteiger charge is -2.24. The Labute approximate surface area is 150 Å². The number of aliphatic imine (C=N–C) groups is 1. The zero-order valence-corrected chi connectivity index (χ0v) is 14.7. The molecule has 0 fully saturated rings. The van der Waals surface area contributed by atoms with Crippen molar-refractivity contribution in [3.63, 3.8) is 0 Å². The number of nitrogens with zero attached hydrogens (tertiary/aromatic N) is 1. The quantitative estimate of drug-likeness (QED) is 0.618. The average Bonchev–Trinajstić information content (AvgIpc) is 2.56. The van der Waals surface area contributed by atoms with E-state index in [1.807, 2.05) is 6.92 Å². The topological polar surface area (TPSA) is 76.7 Å². The monoisotopic (exact) mass is 369 g/mol. The van der Waals surface area contributed by atoms with Crippen molar-refractivity contribution in [2.24, 2.45) is 10.7 Å². The number of hydrogen-bond acceptors (Lipinski definition) is 5. The van der Waals surface area contributed by atoms with E-state index >= 15 is 0 Å². The molecule has 0 saturated carbocycles. The summed E-state index contributed by atoms with van der Waals surface area (Å²) in [6, 6.07) is 5.30. The number of esters is 1. The van der Waals surface area contributed by atoms with Crippen LogP contribution in [0.2, 0.25) is 0 Å². The van der Waals surface area contributed by atoms with Gasteiger partial charge in [-0.1, -0.05) is 18.2 Å². The zero-order valence-electron chi connectivity index (χ0n) is 14.7. The average molecular weight is 369 g/mol. The Kier molecular flexibility index (Phi) is 6.42. The molecule has 1 aliphatic heterocycles. The Morgan fingerprint density at radius 3 is 2.69 bits per heavy atom. The third-order valence-corrected chi connectivity index (χ3v) is 4.03. The van der Waals surface area contributed by atoms with Crippen molar-refractivity contribution in [1.82, 2.24) is 5.32 Å². The van der Waals surface area contributed by atoms with Gasteiger partial charge in [-0.25, -0.2) is 4.79 Å². The van der Waals surface area contributed by atoms with Crippen LogP contribution in [0.25, 0.3) is 0 Å². The molecule has 1 heterocycles. The van der Waals surface area contributed by atoms with Gasteiger partial charge in [0.25, 0.3) is 0 Å². The first-order valence-corrected chi connectivity index (χ1v) is 8.32. The normalized spacial score (nSPS) is 18.8. The molecule has 8 heteroatoms. The molecule has 2 rings (SSSR count). The van der Waals surface area contributed by atoms with Crippen LogP contribution in [-0.2, 0) is 22.3 Å². The van der Waals surface area contributed by atoms with Crippen molar-refractivity contribution in [3.8, 4) is 0 Å². The number of halogens is 3. The molecular formula is C18H22F3N3O2. The summed E-state index contributed by atoms with van der Waals surface area (Å²) < 4.78 is 44.4. The Bertz CT molecular complexity index is 727. The third-order valence-electron chi connectivity index (χ3n) is 4.03. The minimum absolute atomic E-state index is 0.0156. The van der Waals surface area contributed by atoms with Gasteiger partial charge in [-0.05, 0) is 25.5 Å². The lowest BCUT2D eigenvalue weighted by molar-refractivity contribution is -0.138. The number of nitrogens with two attached hydrogens (primary N) is 1. The van der Waals surface area contributed by atoms with Gasteiger partial charge >= 0.3 is 12.1 Å². The first-order chi connectivity index (χ1) is 12.2. The lowest BCUT2D eigenvalue weighted by atomic mass is 9.99. The molecule has 1 aromatic rings. The number of nitrogens with one attached hydrogen (secondary N) is 1. The molecule has 0 bridgehead atoms. The summed E-state index contributed by atoms with van der Waals surface area (Å²) in [6.07, 6.45) is -3.97. The van der Waals surface area contributed by atoms with Crippen molar-refractivity contribution in [2.75, 3.05) is 13.2 Å². The maximum absolute atomic E-state index is 13.1. The highest BCUT2D eigenvalue weighted by molar-refractivity contribution is 6.43. The van der Waals surface area contributed by atoms with E-state index in [1.165, 1.54) is 18.2 Å². The summed E-state index contributed by atoms with van der Waals surface area (Å²) in [7, 11) is 0. The number of carbonyl (C=O) groups excluding carboxylic acids is 1. The molecule has 0 spiro atoms. The van der Waals surface area contributed by atoms with E-state index in [1.54, 1.807) is 6.92 Å². The number of rotatable bonds is 5. The van der Waals surface area contributed by atoms with Crippen LogP contribution < -0.4 is 11.1 Å². The van der Waals surface area contributed by atoms with Crippen molar-refractivity contribution < 1.29 is 22.7 Å². The van der Waals surface area contributed by atoms with Crippen molar-refractivity contribution in [1.29, 1.82) is 0 Å². The summed E-state index contributed by atoms with van der Waals surface area (Å²) >= 11 is 0. The fourth-order valence-electron chi connectivity index (χ4n) is 2.73. The van der Waals surface area contributed by atoms with E-state index in [2.05, 4.69) is 10.3 Å². The molecule has 1 aliphatic rings. The van der Waals surface area contributed by atoms with Crippen molar-refractivity contribution in [2.45, 2.75) is 39.0 Å². The highest BCUT2D eigenvalue weighted by atomic mass is 19.4. The second-order valence-electron chi connectivity index (χ2n) is 6.03. The van der Waals surface area contributed by atoms with Gasteiger partial charge in [0.05, 0.1) is 18.7 Å². The van der Waals surface area contributed by atoms with Crippen LogP contribution in [0.4, 0.5) is 13.2 Å². The highest BCUT2D eigenvalue weighted by Gasteiger charge is 2.33. The minimum atomic E-state index is -4.49. The van der Waals surface area contributed by atoms with E-state index in [4.69, 9.17) is 10.5 Å². The molecule has 1 atom stereocenters. The largest absolute Gasteiger partial charge is 0.461 e. The summed E-state index contributed by atoms with van der Waals surface area (Å²) in [5.41, 5.74) is 6.20. The van der Waals surface area contributed by atoms with Crippen molar-refractivity contribution in [3.05, 3.63) is 46.7 Å². The zero-order chi connectivity index (χ0) is 19.3. The maximum Gasteiger partial charge on any atom is 0.416 e. The van der Waals surface area contributed by atoms with Crippen LogP contribution in [0.1, 0.15) is 31.4 Å². The Hall–Kier alpha value is -2.35. The number of alkyl halides is 3. The van der Waals surface area contributed by atoms with E-state index in [0.29, 0.717) is 24.2 Å². The maximum atomic E-state index is 13.1. The van der Waals surface area contributed by atoms with Gasteiger partial charge in [-0.3, -0.25) is 4.99 Å². The molecule has 26 heavy (non-hydrogen) atoms. The van der Waals surface area contributed by atoms with E-state index in [-0.39, 0.29) is 30.5 Å². The van der Waals surface area contributed by atoms with Crippen LogP contribution in [-0.4, -0.2) is 30.9 Å². The molecule has 142 valence electrons. The summed E-state index contributed by atoms with van der Waals surface area (Å²) in [6.45, 7) is 3.74. The second kappa shape index (κ2) is 8.35. The highest BCUT2D eigenvalue weighted by Crippen LogP contribution is 2.32. The van der Waals surface area contributed by atoms with Gasteiger partial charge in [0.15, 0.2) is 0 Å². The second-order valence-corrected chi connectivity index (χ2v) is 6.03. The first kappa shape index (κ1) is 20.0. The molecule has 0 aromatic heterocycles. The minimum Gasteiger partial charge on any atom is -0.461 e. The first-order valence-electron chi connectivity index (χ1n) is 8.32. The van der Waals surface area contributed by atoms with E-state index < -0.39 is 17.7 Å². The summed E-state index contributed by atoms with van der Waals surface area (Å²) in [5, 5.41) is 3.17. The van der Waals surface area contributed by atoms with Crippen molar-refractivity contribution >= 4 is 11.7 Å². The number of ether oxygens (including phenoxy) is 1. The van der Waals surface area contributed by atoms with Gasteiger partial charge in [0.2, 0.25) is 0 Å². The van der Waals surface area contributed by atoms with E-state index in [9.17, 15) is 18.0 Å². The van der Waals surface area contributed by atoms with Gasteiger partial charge in [0, 0.05) is 30.3 Å². The third kappa shape index (κ3) is 4.85. The van der Waals surface area contributed by atoms with Crippen LogP contribution in [0, 0.1) is 0 Å². The molecule has 0 radical (unpaired) electrons. The predicted molar refractivity (Wildman–Crippen MR) is 92.5 cm³/mol. The molecule has 0 amide bonds. The molecule has 1 aromatic carbocycles. The number of carbonyl (C=O) groups is 1. The Balaban J connectivity index is 2.39. The van der Waals surface area contributed by atoms with Gasteiger partial charge in [-0.2, -0.15) is 13.2 Å². The number of hydrogen-bond donors (Lipinski definition) is 2. The molecule has 0 aliphatic carbocycles. The van der Waals surface area contributed by atoms with Crippen LogP contribution in [0.15, 0.2) is 40.5 Å². The standard InChI is InChI=1S/C18H22F3N3O2/c1-3-26-17(25)16(13-10-23-11(2)8-15(13)22)24-9-12-6-4-5-7-14(12)18(19,20)21/h4-7,11,23H,3,8-10,22H2,1-2H3/t11-/m1/s1. The number of benzene rings is 1. The van der Waals surface area contributed by atoms with Gasteiger partial charge < -0.3 is 15.8 Å². The smallest absolute Gasteiger partial charge is 0.416 e. The molecule has 0 unspecified atom stereocenters.